The predicted octanol–water partition coefficient (Wildman–Crippen LogP) is 5.06. The third kappa shape index (κ3) is 3.52. The summed E-state index contributed by atoms with van der Waals surface area (Å²) in [6.45, 7) is 16.6. The summed E-state index contributed by atoms with van der Waals surface area (Å²) in [5.74, 6) is 0.507. The molecule has 1 aliphatic carbocycles. The largest absolute Gasteiger partial charge is 0.415 e. The van der Waals surface area contributed by atoms with Crippen LogP contribution >= 0.6 is 15.9 Å². The van der Waals surface area contributed by atoms with Gasteiger partial charge >= 0.3 is 0 Å². The Morgan fingerprint density at radius 2 is 2.00 bits per heavy atom. The minimum absolute atomic E-state index is 0.194. The van der Waals surface area contributed by atoms with Crippen LogP contribution < -0.4 is 0 Å². The van der Waals surface area contributed by atoms with Gasteiger partial charge in [-0.1, -0.05) is 56.6 Å². The quantitative estimate of drug-likeness (QED) is 0.618. The highest BCUT2D eigenvalue weighted by Gasteiger charge is 2.50. The molecule has 0 aromatic heterocycles. The molecule has 2 aliphatic rings. The Hall–Kier alpha value is -0.393. The van der Waals surface area contributed by atoms with Gasteiger partial charge in [0.1, 0.15) is 0 Å². The molecule has 3 nitrogen and oxygen atoms in total. The molecule has 2 rings (SSSR count). The van der Waals surface area contributed by atoms with Gasteiger partial charge in [0.2, 0.25) is 5.91 Å². The van der Waals surface area contributed by atoms with Crippen molar-refractivity contribution in [2.45, 2.75) is 59.2 Å². The van der Waals surface area contributed by atoms with Crippen molar-refractivity contribution in [3.8, 4) is 0 Å². The number of hydrogen-bond acceptors (Lipinski definition) is 2. The van der Waals surface area contributed by atoms with Crippen molar-refractivity contribution in [1.82, 2.24) is 4.90 Å². The molecule has 0 N–H and O–H groups in total. The highest BCUT2D eigenvalue weighted by Crippen LogP contribution is 2.48. The summed E-state index contributed by atoms with van der Waals surface area (Å²) in [7, 11) is -1.77. The molecule has 23 heavy (non-hydrogen) atoms. The van der Waals surface area contributed by atoms with Crippen LogP contribution in [0.4, 0.5) is 0 Å². The van der Waals surface area contributed by atoms with Crippen LogP contribution in [-0.4, -0.2) is 32.3 Å². The van der Waals surface area contributed by atoms with Gasteiger partial charge < -0.3 is 9.33 Å². The molecule has 0 bridgehead atoms. The number of fused-ring (bicyclic) bond motifs is 1. The Morgan fingerprint density at radius 1 is 1.39 bits per heavy atom. The van der Waals surface area contributed by atoms with Crippen molar-refractivity contribution in [2.24, 2.45) is 11.3 Å². The number of amides is 1. The smallest absolute Gasteiger partial charge is 0.233 e. The average molecular weight is 400 g/mol. The average Bonchev–Trinajstić information content (AvgIpc) is 2.58. The SMILES string of the molecule is CC1(C)C(=O)N(CCO[Si](C)(C)C(C)(C)C)C2=CC(Br)=CCC21. The lowest BCUT2D eigenvalue weighted by molar-refractivity contribution is -0.134. The first-order valence-electron chi connectivity index (χ1n) is 8.41. The fourth-order valence-electron chi connectivity index (χ4n) is 3.04. The normalized spacial score (nSPS) is 24.4. The fraction of sp³-hybridized carbons (Fsp3) is 0.722. The van der Waals surface area contributed by atoms with Gasteiger partial charge in [-0.2, -0.15) is 0 Å². The summed E-state index contributed by atoms with van der Waals surface area (Å²) in [6.07, 6.45) is 5.19. The minimum Gasteiger partial charge on any atom is -0.415 e. The second kappa shape index (κ2) is 6.16. The molecule has 5 heteroatoms. The van der Waals surface area contributed by atoms with Crippen LogP contribution in [0.3, 0.4) is 0 Å². The van der Waals surface area contributed by atoms with E-state index in [1.54, 1.807) is 0 Å². The maximum absolute atomic E-state index is 12.9. The molecule has 0 radical (unpaired) electrons. The van der Waals surface area contributed by atoms with Crippen LogP contribution in [0.5, 0.6) is 0 Å². The zero-order valence-electron chi connectivity index (χ0n) is 15.5. The van der Waals surface area contributed by atoms with E-state index >= 15 is 0 Å². The van der Waals surface area contributed by atoms with Gasteiger partial charge in [-0.25, -0.2) is 0 Å². The fourth-order valence-corrected chi connectivity index (χ4v) is 4.49. The molecular formula is C18H30BrNO2Si. The minimum atomic E-state index is -1.77. The van der Waals surface area contributed by atoms with Gasteiger partial charge in [0, 0.05) is 22.6 Å². The number of nitrogens with zero attached hydrogens (tertiary/aromatic N) is 1. The standard InChI is InChI=1S/C18H30BrNO2Si/c1-17(2,3)23(6,7)22-11-10-20-15-12-13(19)8-9-14(15)18(4,5)16(20)21/h8,12,14H,9-11H2,1-7H3. The van der Waals surface area contributed by atoms with Crippen LogP contribution in [0.1, 0.15) is 41.0 Å². The number of hydrogen-bond donors (Lipinski definition) is 0. The first-order valence-corrected chi connectivity index (χ1v) is 12.1. The number of allylic oxidation sites excluding steroid dienone is 4. The lowest BCUT2D eigenvalue weighted by Gasteiger charge is -2.36. The van der Waals surface area contributed by atoms with Gasteiger partial charge in [-0.05, 0) is 30.6 Å². The first-order chi connectivity index (χ1) is 10.4. The molecule has 1 unspecified atom stereocenters. The van der Waals surface area contributed by atoms with Crippen LogP contribution in [0.15, 0.2) is 22.3 Å². The summed E-state index contributed by atoms with van der Waals surface area (Å²) < 4.78 is 7.34. The Morgan fingerprint density at radius 3 is 2.57 bits per heavy atom. The molecule has 1 aliphatic heterocycles. The maximum atomic E-state index is 12.9. The molecular weight excluding hydrogens is 370 g/mol. The molecule has 1 amide bonds. The van der Waals surface area contributed by atoms with Crippen LogP contribution in [-0.2, 0) is 9.22 Å². The van der Waals surface area contributed by atoms with E-state index in [1.165, 1.54) is 0 Å². The van der Waals surface area contributed by atoms with Gasteiger partial charge in [0.05, 0.1) is 12.0 Å². The van der Waals surface area contributed by atoms with Crippen molar-refractivity contribution in [3.05, 3.63) is 22.3 Å². The van der Waals surface area contributed by atoms with E-state index in [0.717, 1.165) is 16.6 Å². The Balaban J connectivity index is 2.10. The van der Waals surface area contributed by atoms with Gasteiger partial charge in [-0.15, -0.1) is 0 Å². The number of halogens is 1. The number of rotatable bonds is 4. The zero-order chi connectivity index (χ0) is 17.6. The molecule has 0 aromatic rings. The second-order valence-corrected chi connectivity index (χ2v) is 14.5. The summed E-state index contributed by atoms with van der Waals surface area (Å²) in [5, 5.41) is 0.194. The van der Waals surface area contributed by atoms with Gasteiger partial charge in [-0.3, -0.25) is 4.79 Å². The lowest BCUT2D eigenvalue weighted by Crippen LogP contribution is -2.43. The van der Waals surface area contributed by atoms with E-state index in [9.17, 15) is 4.79 Å². The molecule has 0 aromatic carbocycles. The number of likely N-dealkylation sites (tertiary alicyclic amines) is 1. The number of carbonyl (C=O) groups is 1. The van der Waals surface area contributed by atoms with E-state index in [4.69, 9.17) is 4.43 Å². The molecule has 1 fully saturated rings. The summed E-state index contributed by atoms with van der Waals surface area (Å²) in [6, 6.07) is 0. The molecule has 130 valence electrons. The monoisotopic (exact) mass is 399 g/mol. The third-order valence-corrected chi connectivity index (χ3v) is 10.8. The Bertz CT molecular complexity index is 558. The summed E-state index contributed by atoms with van der Waals surface area (Å²) in [5.41, 5.74) is 0.820. The first kappa shape index (κ1) is 18.9. The molecule has 1 atom stereocenters. The van der Waals surface area contributed by atoms with E-state index in [-0.39, 0.29) is 22.3 Å². The van der Waals surface area contributed by atoms with Crippen molar-refractivity contribution < 1.29 is 9.22 Å². The molecule has 1 heterocycles. The summed E-state index contributed by atoms with van der Waals surface area (Å²) in [4.78, 5) is 14.8. The molecule has 1 saturated heterocycles. The van der Waals surface area contributed by atoms with Gasteiger partial charge in [0.15, 0.2) is 8.32 Å². The van der Waals surface area contributed by atoms with E-state index in [0.29, 0.717) is 13.2 Å². The second-order valence-electron chi connectivity index (χ2n) is 8.73. The topological polar surface area (TPSA) is 29.5 Å². The van der Waals surface area contributed by atoms with Crippen molar-refractivity contribution in [2.75, 3.05) is 13.2 Å². The van der Waals surface area contributed by atoms with Crippen molar-refractivity contribution >= 4 is 30.2 Å². The third-order valence-electron chi connectivity index (χ3n) is 5.75. The van der Waals surface area contributed by atoms with Crippen LogP contribution in [0.2, 0.25) is 18.1 Å². The van der Waals surface area contributed by atoms with Crippen LogP contribution in [0.25, 0.3) is 0 Å². The predicted molar refractivity (Wildman–Crippen MR) is 102 cm³/mol. The Kier molecular flexibility index (Phi) is 5.07. The van der Waals surface area contributed by atoms with E-state index in [2.05, 4.69) is 75.8 Å². The lowest BCUT2D eigenvalue weighted by atomic mass is 9.77. The zero-order valence-corrected chi connectivity index (χ0v) is 18.1. The highest BCUT2D eigenvalue weighted by molar-refractivity contribution is 9.11. The van der Waals surface area contributed by atoms with Crippen molar-refractivity contribution in [1.29, 1.82) is 0 Å². The maximum Gasteiger partial charge on any atom is 0.233 e. The highest BCUT2D eigenvalue weighted by atomic mass is 79.9. The summed E-state index contributed by atoms with van der Waals surface area (Å²) >= 11 is 3.56. The molecule has 0 saturated carbocycles. The molecule has 0 spiro atoms. The Labute approximate surface area is 150 Å². The van der Waals surface area contributed by atoms with Crippen LogP contribution in [0, 0.1) is 11.3 Å². The van der Waals surface area contributed by atoms with E-state index in [1.807, 2.05) is 4.90 Å². The number of carbonyl (C=O) groups excluding carboxylic acids is 1. The van der Waals surface area contributed by atoms with Gasteiger partial charge in [0.25, 0.3) is 0 Å². The van der Waals surface area contributed by atoms with E-state index < -0.39 is 8.32 Å². The van der Waals surface area contributed by atoms with Crippen molar-refractivity contribution in [3.63, 3.8) is 0 Å².